The van der Waals surface area contributed by atoms with Gasteiger partial charge >= 0.3 is 17.9 Å². The normalized spacial score (nSPS) is 12.6. The molecule has 0 heterocycles. The molecule has 0 rings (SSSR count). The van der Waals surface area contributed by atoms with Crippen LogP contribution in [0.15, 0.2) is 85.1 Å². The van der Waals surface area contributed by atoms with Gasteiger partial charge in [0.25, 0.3) is 0 Å². The lowest BCUT2D eigenvalue weighted by Crippen LogP contribution is -2.30. The summed E-state index contributed by atoms with van der Waals surface area (Å²) in [6, 6.07) is 0. The zero-order valence-electron chi connectivity index (χ0n) is 55.2. The third-order valence-corrected chi connectivity index (χ3v) is 15.9. The summed E-state index contributed by atoms with van der Waals surface area (Å²) in [6.07, 6.45) is 95.1. The van der Waals surface area contributed by atoms with E-state index in [4.69, 9.17) is 14.2 Å². The van der Waals surface area contributed by atoms with Gasteiger partial charge in [-0.25, -0.2) is 0 Å². The Labute approximate surface area is 515 Å². The molecule has 0 saturated carbocycles. The van der Waals surface area contributed by atoms with E-state index in [1.54, 1.807) is 0 Å². The molecule has 0 fully saturated rings. The van der Waals surface area contributed by atoms with Crippen molar-refractivity contribution in [3.05, 3.63) is 85.1 Å². The van der Waals surface area contributed by atoms with Crippen LogP contribution in [0.25, 0.3) is 0 Å². The highest BCUT2D eigenvalue weighted by atomic mass is 16.6. The molecule has 480 valence electrons. The minimum Gasteiger partial charge on any atom is -0.462 e. The number of carbonyl (C=O) groups excluding carboxylic acids is 3. The van der Waals surface area contributed by atoms with E-state index in [0.29, 0.717) is 19.3 Å². The summed E-state index contributed by atoms with van der Waals surface area (Å²) < 4.78 is 16.9. The number of rotatable bonds is 66. The Hall–Kier alpha value is -3.41. The monoisotopic (exact) mass is 1160 g/mol. The summed E-state index contributed by atoms with van der Waals surface area (Å²) >= 11 is 0. The van der Waals surface area contributed by atoms with Crippen LogP contribution in [0.2, 0.25) is 0 Å². The zero-order valence-corrected chi connectivity index (χ0v) is 55.2. The average Bonchev–Trinajstić information content (AvgIpc) is 3.49. The maximum Gasteiger partial charge on any atom is 0.306 e. The Balaban J connectivity index is 4.17. The summed E-state index contributed by atoms with van der Waals surface area (Å²) in [5, 5.41) is 0. The first kappa shape index (κ1) is 79.6. The first-order chi connectivity index (χ1) is 41.0. The van der Waals surface area contributed by atoms with E-state index >= 15 is 0 Å². The number of allylic oxidation sites excluding steroid dienone is 14. The topological polar surface area (TPSA) is 78.9 Å². The van der Waals surface area contributed by atoms with Gasteiger partial charge in [0.15, 0.2) is 6.10 Å². The molecule has 0 aromatic heterocycles. The van der Waals surface area contributed by atoms with Crippen molar-refractivity contribution >= 4 is 17.9 Å². The van der Waals surface area contributed by atoms with Crippen molar-refractivity contribution in [2.45, 2.75) is 374 Å². The van der Waals surface area contributed by atoms with Gasteiger partial charge in [-0.15, -0.1) is 0 Å². The molecule has 0 amide bonds. The fraction of sp³-hybridized carbons (Fsp3) is 0.779. The lowest BCUT2D eigenvalue weighted by molar-refractivity contribution is -0.166. The maximum atomic E-state index is 12.9. The van der Waals surface area contributed by atoms with Crippen LogP contribution < -0.4 is 0 Å². The number of hydrogen-bond donors (Lipinski definition) is 0. The molecule has 0 aromatic rings. The SMILES string of the molecule is CC/C=C\C/C=C\C/C=C\C/C=C\CCC(=O)OCC(COC(=O)CCCCCCCCCCCCCCCCCCCCCCC/C=C\CCCCCCCCCC)OC(=O)CCCCCCCCCCC/C=C\C/C=C\CCCCC. The standard InChI is InChI=1S/C77H136O6/c1-4-7-10-13-16-19-22-25-27-29-31-32-33-34-35-36-37-38-39-40-41-42-43-44-46-47-49-52-55-58-61-64-67-70-76(79)82-73-74(72-81-75(78)69-66-63-60-57-54-51-24-21-18-15-12-9-6-3)83-77(80)71-68-65-62-59-56-53-50-48-45-30-28-26-23-20-17-14-11-8-5-2/h9,12,17-18,20-21,26,28-29,31,51,54,60,63,74H,4-8,10-11,13-16,19,22-25,27,30,32-50,52-53,55-59,61-62,64-73H2,1-3H3/b12-9-,20-17-,21-18-,28-26-,31-29-,54-51-,63-60-. The smallest absolute Gasteiger partial charge is 0.306 e. The van der Waals surface area contributed by atoms with E-state index in [-0.39, 0.29) is 37.5 Å². The van der Waals surface area contributed by atoms with Crippen LogP contribution >= 0.6 is 0 Å². The van der Waals surface area contributed by atoms with Crippen molar-refractivity contribution in [2.75, 3.05) is 13.2 Å². The third kappa shape index (κ3) is 69.3. The van der Waals surface area contributed by atoms with Crippen LogP contribution in [0.3, 0.4) is 0 Å². The van der Waals surface area contributed by atoms with Crippen molar-refractivity contribution < 1.29 is 28.6 Å². The van der Waals surface area contributed by atoms with Crippen molar-refractivity contribution in [3.8, 4) is 0 Å². The highest BCUT2D eigenvalue weighted by Gasteiger charge is 2.19. The Morgan fingerprint density at radius 3 is 0.843 bits per heavy atom. The van der Waals surface area contributed by atoms with Crippen LogP contribution in [-0.4, -0.2) is 37.2 Å². The second-order valence-corrected chi connectivity index (χ2v) is 24.1. The van der Waals surface area contributed by atoms with Gasteiger partial charge in [-0.05, 0) is 103 Å². The Morgan fingerprint density at radius 2 is 0.494 bits per heavy atom. The van der Waals surface area contributed by atoms with Gasteiger partial charge in [-0.1, -0.05) is 331 Å². The minimum atomic E-state index is -0.808. The number of hydrogen-bond acceptors (Lipinski definition) is 6. The molecule has 0 radical (unpaired) electrons. The third-order valence-electron chi connectivity index (χ3n) is 15.9. The fourth-order valence-corrected chi connectivity index (χ4v) is 10.5. The lowest BCUT2D eigenvalue weighted by atomic mass is 10.0. The second kappa shape index (κ2) is 71.1. The number of unbranched alkanes of at least 4 members (excludes halogenated alkanes) is 41. The average molecular weight is 1160 g/mol. The molecule has 0 aliphatic heterocycles. The Kier molecular flexibility index (Phi) is 68.2. The number of esters is 3. The van der Waals surface area contributed by atoms with Gasteiger partial charge in [0.1, 0.15) is 13.2 Å². The molecule has 0 spiro atoms. The minimum absolute atomic E-state index is 0.0974. The molecule has 0 aromatic carbocycles. The summed E-state index contributed by atoms with van der Waals surface area (Å²) in [6.45, 7) is 6.48. The first-order valence-corrected chi connectivity index (χ1v) is 36.1. The zero-order chi connectivity index (χ0) is 59.9. The highest BCUT2D eigenvalue weighted by Crippen LogP contribution is 2.18. The molecule has 83 heavy (non-hydrogen) atoms. The van der Waals surface area contributed by atoms with Crippen molar-refractivity contribution in [3.63, 3.8) is 0 Å². The lowest BCUT2D eigenvalue weighted by Gasteiger charge is -2.18. The van der Waals surface area contributed by atoms with Gasteiger partial charge in [0.2, 0.25) is 0 Å². The second-order valence-electron chi connectivity index (χ2n) is 24.1. The molecule has 0 aliphatic rings. The largest absolute Gasteiger partial charge is 0.462 e. The van der Waals surface area contributed by atoms with Gasteiger partial charge in [-0.3, -0.25) is 14.4 Å². The molecule has 0 bridgehead atoms. The molecule has 0 saturated heterocycles. The maximum absolute atomic E-state index is 12.9. The molecule has 0 aliphatic carbocycles. The van der Waals surface area contributed by atoms with E-state index in [1.165, 1.54) is 250 Å². The molecule has 1 atom stereocenters. The highest BCUT2D eigenvalue weighted by molar-refractivity contribution is 5.71. The summed E-state index contributed by atoms with van der Waals surface area (Å²) in [5.41, 5.74) is 0. The Bertz CT molecular complexity index is 1570. The molecule has 6 nitrogen and oxygen atoms in total. The van der Waals surface area contributed by atoms with E-state index in [9.17, 15) is 14.4 Å². The van der Waals surface area contributed by atoms with Crippen molar-refractivity contribution in [1.82, 2.24) is 0 Å². The van der Waals surface area contributed by atoms with Gasteiger partial charge in [-0.2, -0.15) is 0 Å². The van der Waals surface area contributed by atoms with E-state index in [1.807, 2.05) is 6.08 Å². The summed E-state index contributed by atoms with van der Waals surface area (Å²) in [4.78, 5) is 38.3. The molecule has 0 N–H and O–H groups in total. The molecular weight excluding hydrogens is 1020 g/mol. The van der Waals surface area contributed by atoms with Crippen LogP contribution in [0.5, 0.6) is 0 Å². The summed E-state index contributed by atoms with van der Waals surface area (Å²) in [5.74, 6) is -0.970. The van der Waals surface area contributed by atoms with Crippen molar-refractivity contribution in [1.29, 1.82) is 0 Å². The van der Waals surface area contributed by atoms with E-state index in [0.717, 1.165) is 70.6 Å². The van der Waals surface area contributed by atoms with Crippen LogP contribution in [-0.2, 0) is 28.6 Å². The Morgan fingerprint density at radius 1 is 0.253 bits per heavy atom. The number of ether oxygens (including phenoxy) is 3. The fourth-order valence-electron chi connectivity index (χ4n) is 10.5. The first-order valence-electron chi connectivity index (χ1n) is 36.1. The molecule has 6 heteroatoms. The van der Waals surface area contributed by atoms with Gasteiger partial charge in [0.05, 0.1) is 0 Å². The molecular formula is C77H136O6. The quantitative estimate of drug-likeness (QED) is 0.0261. The van der Waals surface area contributed by atoms with Crippen molar-refractivity contribution in [2.24, 2.45) is 0 Å². The van der Waals surface area contributed by atoms with Gasteiger partial charge < -0.3 is 14.2 Å². The van der Waals surface area contributed by atoms with Crippen LogP contribution in [0.1, 0.15) is 367 Å². The van der Waals surface area contributed by atoms with Crippen LogP contribution in [0, 0.1) is 0 Å². The van der Waals surface area contributed by atoms with Crippen LogP contribution in [0.4, 0.5) is 0 Å². The van der Waals surface area contributed by atoms with E-state index in [2.05, 4.69) is 99.8 Å². The predicted molar refractivity (Wildman–Crippen MR) is 362 cm³/mol. The summed E-state index contributed by atoms with van der Waals surface area (Å²) in [7, 11) is 0. The van der Waals surface area contributed by atoms with E-state index < -0.39 is 6.10 Å². The predicted octanol–water partition coefficient (Wildman–Crippen LogP) is 25.0. The molecule has 1 unspecified atom stereocenters. The van der Waals surface area contributed by atoms with Gasteiger partial charge in [0, 0.05) is 19.3 Å². The number of carbonyl (C=O) groups is 3.